The summed E-state index contributed by atoms with van der Waals surface area (Å²) in [6.07, 6.45) is 1.74. The minimum Gasteiger partial charge on any atom is -0.336 e. The van der Waals surface area contributed by atoms with E-state index in [0.717, 1.165) is 38.9 Å². The average Bonchev–Trinajstić information content (AvgIpc) is 3.06. The predicted molar refractivity (Wildman–Crippen MR) is 90.2 cm³/mol. The Labute approximate surface area is 132 Å². The Morgan fingerprint density at radius 3 is 2.77 bits per heavy atom. The van der Waals surface area contributed by atoms with E-state index in [1.165, 1.54) is 0 Å². The summed E-state index contributed by atoms with van der Waals surface area (Å²) in [4.78, 5) is 14.7. The van der Waals surface area contributed by atoms with Crippen LogP contribution in [0.4, 0.5) is 0 Å². The fourth-order valence-electron chi connectivity index (χ4n) is 2.44. The van der Waals surface area contributed by atoms with Gasteiger partial charge in [-0.1, -0.05) is 12.0 Å². The second-order valence-electron chi connectivity index (χ2n) is 5.12. The zero-order valence-electron chi connectivity index (χ0n) is 11.8. The molecule has 0 aliphatic carbocycles. The first-order valence-electron chi connectivity index (χ1n) is 6.83. The summed E-state index contributed by atoms with van der Waals surface area (Å²) >= 11 is 4.25. The Hall–Kier alpha value is -2.71. The number of nitrogens with zero attached hydrogens (tertiary/aromatic N) is 2. The highest BCUT2D eigenvalue weighted by molar-refractivity contribution is 7.80. The maximum atomic E-state index is 4.33. The first kappa shape index (κ1) is 13.0. The fraction of sp³-hybridized carbons (Fsp3) is 0.0588. The van der Waals surface area contributed by atoms with E-state index >= 15 is 0 Å². The Kier molecular flexibility index (Phi) is 2.91. The largest absolute Gasteiger partial charge is 0.336 e. The molecule has 2 N–H and O–H groups in total. The fourth-order valence-corrected chi connectivity index (χ4v) is 2.67. The highest BCUT2D eigenvalue weighted by Gasteiger charge is 2.03. The molecule has 5 heteroatoms. The van der Waals surface area contributed by atoms with Crippen LogP contribution in [0.2, 0.25) is 0 Å². The van der Waals surface area contributed by atoms with E-state index in [0.29, 0.717) is 5.16 Å². The van der Waals surface area contributed by atoms with Crippen molar-refractivity contribution in [2.24, 2.45) is 0 Å². The van der Waals surface area contributed by atoms with Gasteiger partial charge in [-0.15, -0.1) is 12.6 Å². The summed E-state index contributed by atoms with van der Waals surface area (Å²) in [6, 6.07) is 10.3. The number of aromatic amines is 2. The number of H-pyrrole nitrogens is 2. The second-order valence-corrected chi connectivity index (χ2v) is 5.55. The number of nitrogens with one attached hydrogen (secondary N) is 2. The Bertz CT molecular complexity index is 1060. The van der Waals surface area contributed by atoms with Crippen LogP contribution in [-0.4, -0.2) is 19.9 Å². The normalized spacial score (nSPS) is 10.8. The smallest absolute Gasteiger partial charge is 0.163 e. The monoisotopic (exact) mass is 304 g/mol. The van der Waals surface area contributed by atoms with Crippen LogP contribution in [0.3, 0.4) is 0 Å². The third kappa shape index (κ3) is 2.34. The maximum Gasteiger partial charge on any atom is 0.163 e. The molecule has 0 spiro atoms. The lowest BCUT2D eigenvalue weighted by Gasteiger charge is -1.99. The summed E-state index contributed by atoms with van der Waals surface area (Å²) in [7, 11) is 0. The Balaban J connectivity index is 1.79. The zero-order chi connectivity index (χ0) is 15.1. The maximum absolute atomic E-state index is 4.33. The summed E-state index contributed by atoms with van der Waals surface area (Å²) in [5.74, 6) is 7.11. The molecule has 4 aromatic rings. The van der Waals surface area contributed by atoms with Crippen molar-refractivity contribution in [3.8, 4) is 11.8 Å². The molecular weight excluding hydrogens is 292 g/mol. The first-order valence-corrected chi connectivity index (χ1v) is 7.28. The number of hydrogen-bond donors (Lipinski definition) is 3. The van der Waals surface area contributed by atoms with Crippen molar-refractivity contribution in [1.82, 2.24) is 19.9 Å². The van der Waals surface area contributed by atoms with E-state index in [4.69, 9.17) is 0 Å². The number of aromatic nitrogens is 4. The molecule has 22 heavy (non-hydrogen) atoms. The van der Waals surface area contributed by atoms with Crippen molar-refractivity contribution >= 4 is 34.4 Å². The van der Waals surface area contributed by atoms with E-state index in [-0.39, 0.29) is 0 Å². The van der Waals surface area contributed by atoms with Gasteiger partial charge in [-0.2, -0.15) is 0 Å². The molecule has 4 nitrogen and oxygen atoms in total. The van der Waals surface area contributed by atoms with Gasteiger partial charge in [-0.05, 0) is 47.9 Å². The molecule has 0 radical (unpaired) electrons. The number of aryl methyl sites for hydroxylation is 1. The number of rotatable bonds is 0. The van der Waals surface area contributed by atoms with Gasteiger partial charge in [-0.3, -0.25) is 0 Å². The van der Waals surface area contributed by atoms with Crippen LogP contribution in [-0.2, 0) is 0 Å². The summed E-state index contributed by atoms with van der Waals surface area (Å²) in [5.41, 5.74) is 3.68. The SMILES string of the molecule is Cc1ncc(C#Cc2ccc3cc4nc(S)[nH]c4cc3c2)[nH]1. The zero-order valence-corrected chi connectivity index (χ0v) is 12.7. The minimum atomic E-state index is 0.625. The molecule has 0 bridgehead atoms. The van der Waals surface area contributed by atoms with Gasteiger partial charge >= 0.3 is 0 Å². The molecule has 0 saturated heterocycles. The number of hydrogen-bond acceptors (Lipinski definition) is 3. The van der Waals surface area contributed by atoms with Gasteiger partial charge in [0.15, 0.2) is 5.16 Å². The highest BCUT2D eigenvalue weighted by atomic mass is 32.1. The van der Waals surface area contributed by atoms with Crippen LogP contribution in [0.5, 0.6) is 0 Å². The van der Waals surface area contributed by atoms with Gasteiger partial charge in [0.25, 0.3) is 0 Å². The van der Waals surface area contributed by atoms with Crippen LogP contribution in [0.15, 0.2) is 41.7 Å². The molecule has 0 aliphatic heterocycles. The standard InChI is InChI=1S/C17H12N4S/c1-10-18-9-14(19-10)5-3-11-2-4-12-7-15-16(8-13(12)6-11)21-17(22)20-15/h2,4,6-9H,1H3,(H,18,19)(H2,20,21,22). The lowest BCUT2D eigenvalue weighted by Crippen LogP contribution is -1.79. The summed E-state index contributed by atoms with van der Waals surface area (Å²) in [6.45, 7) is 1.91. The quantitative estimate of drug-likeness (QED) is 0.344. The molecule has 0 aliphatic rings. The van der Waals surface area contributed by atoms with Crippen molar-refractivity contribution in [2.45, 2.75) is 12.1 Å². The topological polar surface area (TPSA) is 57.4 Å². The summed E-state index contributed by atoms with van der Waals surface area (Å²) < 4.78 is 0. The van der Waals surface area contributed by atoms with Crippen molar-refractivity contribution in [2.75, 3.05) is 0 Å². The number of thiol groups is 1. The van der Waals surface area contributed by atoms with E-state index in [2.05, 4.69) is 68.7 Å². The van der Waals surface area contributed by atoms with Crippen molar-refractivity contribution < 1.29 is 0 Å². The van der Waals surface area contributed by atoms with Gasteiger partial charge in [0.2, 0.25) is 0 Å². The third-order valence-corrected chi connectivity index (χ3v) is 3.68. The molecule has 2 heterocycles. The van der Waals surface area contributed by atoms with Crippen molar-refractivity contribution in [1.29, 1.82) is 0 Å². The second kappa shape index (κ2) is 4.93. The van der Waals surface area contributed by atoms with E-state index in [1.54, 1.807) is 6.20 Å². The van der Waals surface area contributed by atoms with E-state index in [9.17, 15) is 0 Å². The molecule has 2 aromatic heterocycles. The van der Waals surface area contributed by atoms with E-state index < -0.39 is 0 Å². The number of imidazole rings is 2. The molecule has 0 atom stereocenters. The van der Waals surface area contributed by atoms with Crippen LogP contribution in [0.1, 0.15) is 17.1 Å². The molecule has 106 valence electrons. The Morgan fingerprint density at radius 2 is 1.95 bits per heavy atom. The summed E-state index contributed by atoms with van der Waals surface area (Å²) in [5, 5.41) is 2.88. The van der Waals surface area contributed by atoms with Gasteiger partial charge < -0.3 is 9.97 Å². The lowest BCUT2D eigenvalue weighted by molar-refractivity contribution is 1.09. The Morgan fingerprint density at radius 1 is 1.05 bits per heavy atom. The molecular formula is C17H12N4S. The van der Waals surface area contributed by atoms with Crippen LogP contribution >= 0.6 is 12.6 Å². The van der Waals surface area contributed by atoms with Gasteiger partial charge in [0.05, 0.1) is 17.2 Å². The highest BCUT2D eigenvalue weighted by Crippen LogP contribution is 2.23. The molecule has 0 unspecified atom stereocenters. The molecule has 0 fully saturated rings. The number of fused-ring (bicyclic) bond motifs is 2. The van der Waals surface area contributed by atoms with Crippen LogP contribution < -0.4 is 0 Å². The molecule has 4 rings (SSSR count). The van der Waals surface area contributed by atoms with E-state index in [1.807, 2.05) is 13.0 Å². The third-order valence-electron chi connectivity index (χ3n) is 3.47. The number of benzene rings is 2. The average molecular weight is 304 g/mol. The van der Waals surface area contributed by atoms with Gasteiger partial charge in [-0.25, -0.2) is 9.97 Å². The van der Waals surface area contributed by atoms with Crippen LogP contribution in [0, 0.1) is 18.8 Å². The van der Waals surface area contributed by atoms with Crippen molar-refractivity contribution in [3.63, 3.8) is 0 Å². The molecule has 0 amide bonds. The predicted octanol–water partition coefficient (Wildman–Crippen LogP) is 3.44. The van der Waals surface area contributed by atoms with Gasteiger partial charge in [0.1, 0.15) is 11.5 Å². The first-order chi connectivity index (χ1) is 10.7. The van der Waals surface area contributed by atoms with Gasteiger partial charge in [0, 0.05) is 5.56 Å². The minimum absolute atomic E-state index is 0.625. The molecule has 0 saturated carbocycles. The molecule has 2 aromatic carbocycles. The van der Waals surface area contributed by atoms with Crippen molar-refractivity contribution in [3.05, 3.63) is 53.6 Å². The lowest BCUT2D eigenvalue weighted by atomic mass is 10.1. The van der Waals surface area contributed by atoms with Crippen LogP contribution in [0.25, 0.3) is 21.8 Å².